The van der Waals surface area contributed by atoms with Gasteiger partial charge in [0.2, 0.25) is 0 Å². The van der Waals surface area contributed by atoms with E-state index in [4.69, 9.17) is 11.2 Å². The summed E-state index contributed by atoms with van der Waals surface area (Å²) in [6.45, 7) is 1.51. The average Bonchev–Trinajstić information content (AvgIpc) is 2.64. The Hall–Kier alpha value is -3.00. The van der Waals surface area contributed by atoms with Crippen LogP contribution in [0.25, 0.3) is 0 Å². The van der Waals surface area contributed by atoms with E-state index in [1.165, 1.54) is 17.7 Å². The summed E-state index contributed by atoms with van der Waals surface area (Å²) < 4.78 is 18.5. The van der Waals surface area contributed by atoms with E-state index in [1.807, 2.05) is 30.3 Å². The van der Waals surface area contributed by atoms with E-state index in [0.717, 1.165) is 24.3 Å². The number of halogens is 1. The quantitative estimate of drug-likeness (QED) is 0.463. The number of guanidine groups is 1. The highest BCUT2D eigenvalue weighted by molar-refractivity contribution is 5.79. The van der Waals surface area contributed by atoms with Crippen LogP contribution >= 0.6 is 0 Å². The first-order chi connectivity index (χ1) is 12.2. The molecular formula is C20H22FN3O. The van der Waals surface area contributed by atoms with Gasteiger partial charge in [0.15, 0.2) is 5.96 Å². The van der Waals surface area contributed by atoms with Crippen molar-refractivity contribution in [3.63, 3.8) is 0 Å². The van der Waals surface area contributed by atoms with Crippen LogP contribution in [0.1, 0.15) is 11.1 Å². The number of aliphatic imine (C=N–C) groups is 1. The van der Waals surface area contributed by atoms with E-state index >= 15 is 0 Å². The SMILES string of the molecule is C#CCOc1ccc(CCNC(=NC)NCc2cccc(F)c2)cc1. The van der Waals surface area contributed by atoms with Gasteiger partial charge in [-0.3, -0.25) is 4.99 Å². The second-order valence-corrected chi connectivity index (χ2v) is 5.37. The summed E-state index contributed by atoms with van der Waals surface area (Å²) in [6.07, 6.45) is 6.01. The van der Waals surface area contributed by atoms with Crippen molar-refractivity contribution < 1.29 is 9.13 Å². The molecule has 0 saturated heterocycles. The van der Waals surface area contributed by atoms with Gasteiger partial charge in [-0.25, -0.2) is 4.39 Å². The highest BCUT2D eigenvalue weighted by Crippen LogP contribution is 2.12. The molecule has 0 amide bonds. The number of nitrogens with zero attached hydrogens (tertiary/aromatic N) is 1. The van der Waals surface area contributed by atoms with Gasteiger partial charge in [-0.1, -0.05) is 30.2 Å². The van der Waals surface area contributed by atoms with Crippen molar-refractivity contribution in [3.8, 4) is 18.1 Å². The molecule has 0 aliphatic rings. The van der Waals surface area contributed by atoms with Crippen LogP contribution in [-0.4, -0.2) is 26.2 Å². The van der Waals surface area contributed by atoms with E-state index in [-0.39, 0.29) is 12.4 Å². The molecule has 0 bridgehead atoms. The normalized spacial score (nSPS) is 10.8. The number of hydrogen-bond donors (Lipinski definition) is 2. The van der Waals surface area contributed by atoms with Gasteiger partial charge in [0.05, 0.1) is 0 Å². The third kappa shape index (κ3) is 6.56. The topological polar surface area (TPSA) is 45.6 Å². The molecule has 0 aliphatic carbocycles. The Bertz CT molecular complexity index is 735. The van der Waals surface area contributed by atoms with Gasteiger partial charge in [-0.05, 0) is 41.8 Å². The van der Waals surface area contributed by atoms with Gasteiger partial charge in [0, 0.05) is 20.1 Å². The fourth-order valence-electron chi connectivity index (χ4n) is 2.26. The van der Waals surface area contributed by atoms with Crippen molar-refractivity contribution in [2.45, 2.75) is 13.0 Å². The number of rotatable bonds is 7. The zero-order valence-electron chi connectivity index (χ0n) is 14.3. The summed E-state index contributed by atoms with van der Waals surface area (Å²) in [7, 11) is 1.71. The highest BCUT2D eigenvalue weighted by Gasteiger charge is 2.00. The lowest BCUT2D eigenvalue weighted by Crippen LogP contribution is -2.37. The van der Waals surface area contributed by atoms with Crippen molar-refractivity contribution in [3.05, 3.63) is 65.5 Å². The molecular weight excluding hydrogens is 317 g/mol. The summed E-state index contributed by atoms with van der Waals surface area (Å²) >= 11 is 0. The third-order valence-corrected chi connectivity index (χ3v) is 3.52. The number of terminal acetylenes is 1. The van der Waals surface area contributed by atoms with Crippen LogP contribution in [0.15, 0.2) is 53.5 Å². The maximum absolute atomic E-state index is 13.2. The molecule has 2 aromatic rings. The molecule has 0 atom stereocenters. The number of ether oxygens (including phenoxy) is 1. The van der Waals surface area contributed by atoms with Gasteiger partial charge in [-0.2, -0.15) is 0 Å². The van der Waals surface area contributed by atoms with Crippen molar-refractivity contribution in [1.82, 2.24) is 10.6 Å². The number of nitrogens with one attached hydrogen (secondary N) is 2. The summed E-state index contributed by atoms with van der Waals surface area (Å²) in [6, 6.07) is 14.3. The first-order valence-electron chi connectivity index (χ1n) is 8.05. The maximum atomic E-state index is 13.2. The molecule has 0 radical (unpaired) electrons. The Kier molecular flexibility index (Phi) is 7.33. The van der Waals surface area contributed by atoms with Gasteiger partial charge in [-0.15, -0.1) is 6.42 Å². The molecule has 0 saturated carbocycles. The molecule has 130 valence electrons. The summed E-state index contributed by atoms with van der Waals surface area (Å²) in [5.41, 5.74) is 2.05. The standard InChI is InChI=1S/C20H22FN3O/c1-3-13-25-19-9-7-16(8-10-19)11-12-23-20(22-2)24-15-17-5-4-6-18(21)14-17/h1,4-10,14H,11-13,15H2,2H3,(H2,22,23,24). The van der Waals surface area contributed by atoms with Crippen LogP contribution in [-0.2, 0) is 13.0 Å². The molecule has 0 fully saturated rings. The summed E-state index contributed by atoms with van der Waals surface area (Å²) in [5, 5.41) is 6.40. The van der Waals surface area contributed by atoms with Crippen LogP contribution in [0.3, 0.4) is 0 Å². The monoisotopic (exact) mass is 339 g/mol. The number of benzene rings is 2. The molecule has 5 heteroatoms. The molecule has 0 aliphatic heterocycles. The molecule has 0 unspecified atom stereocenters. The smallest absolute Gasteiger partial charge is 0.191 e. The lowest BCUT2D eigenvalue weighted by Gasteiger charge is -2.12. The Balaban J connectivity index is 1.74. The van der Waals surface area contributed by atoms with E-state index in [9.17, 15) is 4.39 Å². The van der Waals surface area contributed by atoms with Crippen molar-refractivity contribution in [2.24, 2.45) is 4.99 Å². The third-order valence-electron chi connectivity index (χ3n) is 3.52. The van der Waals surface area contributed by atoms with Crippen molar-refractivity contribution >= 4 is 5.96 Å². The fourth-order valence-corrected chi connectivity index (χ4v) is 2.26. The molecule has 4 nitrogen and oxygen atoms in total. The molecule has 0 spiro atoms. The Labute approximate surface area is 148 Å². The number of hydrogen-bond acceptors (Lipinski definition) is 2. The van der Waals surface area contributed by atoms with Crippen LogP contribution in [0, 0.1) is 18.2 Å². The Morgan fingerprint density at radius 3 is 2.64 bits per heavy atom. The van der Waals surface area contributed by atoms with E-state index in [1.54, 1.807) is 13.1 Å². The van der Waals surface area contributed by atoms with E-state index in [0.29, 0.717) is 12.5 Å². The first-order valence-corrected chi connectivity index (χ1v) is 8.05. The van der Waals surface area contributed by atoms with E-state index in [2.05, 4.69) is 21.5 Å². The fraction of sp³-hybridized carbons (Fsp3) is 0.250. The van der Waals surface area contributed by atoms with Crippen molar-refractivity contribution in [1.29, 1.82) is 0 Å². The molecule has 2 rings (SSSR count). The average molecular weight is 339 g/mol. The van der Waals surface area contributed by atoms with Gasteiger partial charge >= 0.3 is 0 Å². The molecule has 0 heterocycles. The molecule has 2 aromatic carbocycles. The second kappa shape index (κ2) is 9.99. The van der Waals surface area contributed by atoms with Gasteiger partial charge in [0.25, 0.3) is 0 Å². The predicted molar refractivity (Wildman–Crippen MR) is 99.1 cm³/mol. The minimum Gasteiger partial charge on any atom is -0.481 e. The lowest BCUT2D eigenvalue weighted by atomic mass is 10.1. The lowest BCUT2D eigenvalue weighted by molar-refractivity contribution is 0.370. The zero-order valence-corrected chi connectivity index (χ0v) is 14.3. The second-order valence-electron chi connectivity index (χ2n) is 5.37. The van der Waals surface area contributed by atoms with Gasteiger partial charge < -0.3 is 15.4 Å². The van der Waals surface area contributed by atoms with Crippen molar-refractivity contribution in [2.75, 3.05) is 20.2 Å². The Morgan fingerprint density at radius 2 is 1.96 bits per heavy atom. The molecule has 25 heavy (non-hydrogen) atoms. The minimum absolute atomic E-state index is 0.239. The van der Waals surface area contributed by atoms with E-state index < -0.39 is 0 Å². The first kappa shape index (κ1) is 18.3. The van der Waals surface area contributed by atoms with Crippen LogP contribution in [0.5, 0.6) is 5.75 Å². The van der Waals surface area contributed by atoms with Crippen LogP contribution in [0.4, 0.5) is 4.39 Å². The van der Waals surface area contributed by atoms with Gasteiger partial charge in [0.1, 0.15) is 18.2 Å². The van der Waals surface area contributed by atoms with Crippen LogP contribution < -0.4 is 15.4 Å². The zero-order chi connectivity index (χ0) is 17.9. The molecule has 0 aromatic heterocycles. The maximum Gasteiger partial charge on any atom is 0.191 e. The highest BCUT2D eigenvalue weighted by atomic mass is 19.1. The Morgan fingerprint density at radius 1 is 1.16 bits per heavy atom. The summed E-state index contributed by atoms with van der Waals surface area (Å²) in [5.74, 6) is 3.64. The minimum atomic E-state index is -0.239. The predicted octanol–water partition coefficient (Wildman–Crippen LogP) is 2.75. The summed E-state index contributed by atoms with van der Waals surface area (Å²) in [4.78, 5) is 4.17. The van der Waals surface area contributed by atoms with Crippen LogP contribution in [0.2, 0.25) is 0 Å². The largest absolute Gasteiger partial charge is 0.481 e. The molecule has 2 N–H and O–H groups in total.